The van der Waals surface area contributed by atoms with E-state index >= 15 is 0 Å². The first-order valence-electron chi connectivity index (χ1n) is 6.29. The van der Waals surface area contributed by atoms with Crippen LogP contribution < -0.4 is 11.1 Å². The van der Waals surface area contributed by atoms with Gasteiger partial charge >= 0.3 is 0 Å². The summed E-state index contributed by atoms with van der Waals surface area (Å²) in [5, 5.41) is 3.03. The first-order valence-corrected chi connectivity index (χ1v) is 6.29. The van der Waals surface area contributed by atoms with Gasteiger partial charge in [0, 0.05) is 25.7 Å². The minimum absolute atomic E-state index is 0.0865. The minimum atomic E-state index is 0.0865. The lowest BCUT2D eigenvalue weighted by molar-refractivity contribution is -0.125. The maximum atomic E-state index is 11.7. The van der Waals surface area contributed by atoms with Gasteiger partial charge in [-0.3, -0.25) is 4.79 Å². The number of carbonyl (C=O) groups excluding carboxylic acids is 1. The summed E-state index contributed by atoms with van der Waals surface area (Å²) in [5.74, 6) is 0.850. The lowest BCUT2D eigenvalue weighted by Gasteiger charge is -2.23. The predicted octanol–water partition coefficient (Wildman–Crippen LogP) is 0.904. The van der Waals surface area contributed by atoms with Crippen molar-refractivity contribution in [2.45, 2.75) is 32.6 Å². The van der Waals surface area contributed by atoms with Gasteiger partial charge < -0.3 is 15.8 Å². The van der Waals surface area contributed by atoms with E-state index < -0.39 is 0 Å². The lowest BCUT2D eigenvalue weighted by atomic mass is 9.99. The standard InChI is InChI=1S/C12H24N2O2/c1-10(3-2-6-13)12(15)14-9-11-4-7-16-8-5-11/h10-11H,2-9,13H2,1H3,(H,14,15). The summed E-state index contributed by atoms with van der Waals surface area (Å²) in [5.41, 5.74) is 5.42. The van der Waals surface area contributed by atoms with Crippen LogP contribution in [0.15, 0.2) is 0 Å². The number of hydrogen-bond acceptors (Lipinski definition) is 3. The fraction of sp³-hybridized carbons (Fsp3) is 0.917. The molecular weight excluding hydrogens is 204 g/mol. The second-order valence-electron chi connectivity index (χ2n) is 4.63. The molecule has 0 aromatic heterocycles. The Balaban J connectivity index is 2.12. The van der Waals surface area contributed by atoms with Gasteiger partial charge in [-0.05, 0) is 38.1 Å². The van der Waals surface area contributed by atoms with Crippen molar-refractivity contribution in [3.05, 3.63) is 0 Å². The minimum Gasteiger partial charge on any atom is -0.381 e. The quantitative estimate of drug-likeness (QED) is 0.710. The molecule has 4 nitrogen and oxygen atoms in total. The SMILES string of the molecule is CC(CCCN)C(=O)NCC1CCOCC1. The largest absolute Gasteiger partial charge is 0.381 e. The van der Waals surface area contributed by atoms with E-state index in [1.165, 1.54) is 0 Å². The molecule has 3 N–H and O–H groups in total. The summed E-state index contributed by atoms with van der Waals surface area (Å²) in [4.78, 5) is 11.7. The van der Waals surface area contributed by atoms with Gasteiger partial charge in [0.2, 0.25) is 5.91 Å². The molecule has 1 rings (SSSR count). The molecule has 4 heteroatoms. The fourth-order valence-corrected chi connectivity index (χ4v) is 1.92. The van der Waals surface area contributed by atoms with Crippen molar-refractivity contribution in [1.82, 2.24) is 5.32 Å². The number of hydrogen-bond donors (Lipinski definition) is 2. The third kappa shape index (κ3) is 4.94. The van der Waals surface area contributed by atoms with E-state index in [2.05, 4.69) is 5.32 Å². The molecular formula is C12H24N2O2. The van der Waals surface area contributed by atoms with Gasteiger partial charge in [0.1, 0.15) is 0 Å². The maximum Gasteiger partial charge on any atom is 0.222 e. The van der Waals surface area contributed by atoms with Gasteiger partial charge in [0.05, 0.1) is 0 Å². The molecule has 0 spiro atoms. The van der Waals surface area contributed by atoms with Crippen LogP contribution in [0.2, 0.25) is 0 Å². The second kappa shape index (κ2) is 7.63. The summed E-state index contributed by atoms with van der Waals surface area (Å²) >= 11 is 0. The highest BCUT2D eigenvalue weighted by Crippen LogP contribution is 2.13. The van der Waals surface area contributed by atoms with Gasteiger partial charge in [0.15, 0.2) is 0 Å². The Bertz CT molecular complexity index is 203. The molecule has 1 amide bonds. The van der Waals surface area contributed by atoms with Crippen molar-refractivity contribution in [3.8, 4) is 0 Å². The normalized spacial score (nSPS) is 19.4. The number of rotatable bonds is 6. The third-order valence-electron chi connectivity index (χ3n) is 3.19. The monoisotopic (exact) mass is 228 g/mol. The Morgan fingerprint density at radius 3 is 2.81 bits per heavy atom. The topological polar surface area (TPSA) is 64.4 Å². The van der Waals surface area contributed by atoms with E-state index in [4.69, 9.17) is 10.5 Å². The molecule has 0 bridgehead atoms. The molecule has 0 radical (unpaired) electrons. The van der Waals surface area contributed by atoms with E-state index in [-0.39, 0.29) is 11.8 Å². The molecule has 1 unspecified atom stereocenters. The number of nitrogens with two attached hydrogens (primary N) is 1. The summed E-state index contributed by atoms with van der Waals surface area (Å²) in [7, 11) is 0. The van der Waals surface area contributed by atoms with E-state index in [0.717, 1.165) is 45.4 Å². The van der Waals surface area contributed by atoms with Crippen molar-refractivity contribution in [2.24, 2.45) is 17.6 Å². The number of carbonyl (C=O) groups is 1. The highest BCUT2D eigenvalue weighted by atomic mass is 16.5. The van der Waals surface area contributed by atoms with Crippen LogP contribution in [0.4, 0.5) is 0 Å². The van der Waals surface area contributed by atoms with Crippen molar-refractivity contribution in [3.63, 3.8) is 0 Å². The number of amides is 1. The van der Waals surface area contributed by atoms with Crippen LogP contribution in [0.1, 0.15) is 32.6 Å². The van der Waals surface area contributed by atoms with E-state index in [9.17, 15) is 4.79 Å². The Hall–Kier alpha value is -0.610. The highest BCUT2D eigenvalue weighted by molar-refractivity contribution is 5.78. The Morgan fingerprint density at radius 2 is 2.19 bits per heavy atom. The summed E-state index contributed by atoms with van der Waals surface area (Å²) in [6.45, 7) is 5.11. The highest BCUT2D eigenvalue weighted by Gasteiger charge is 2.17. The molecule has 1 heterocycles. The number of nitrogens with one attached hydrogen (secondary N) is 1. The van der Waals surface area contributed by atoms with Crippen LogP contribution in [0.3, 0.4) is 0 Å². The molecule has 1 saturated heterocycles. The second-order valence-corrected chi connectivity index (χ2v) is 4.63. The van der Waals surface area contributed by atoms with Crippen molar-refractivity contribution in [2.75, 3.05) is 26.3 Å². The van der Waals surface area contributed by atoms with E-state index in [1.54, 1.807) is 0 Å². The van der Waals surface area contributed by atoms with E-state index in [1.807, 2.05) is 6.92 Å². The van der Waals surface area contributed by atoms with Crippen molar-refractivity contribution in [1.29, 1.82) is 0 Å². The molecule has 0 saturated carbocycles. The molecule has 1 aliphatic heterocycles. The maximum absolute atomic E-state index is 11.7. The van der Waals surface area contributed by atoms with Crippen LogP contribution in [0, 0.1) is 11.8 Å². The molecule has 0 aromatic carbocycles. The first-order chi connectivity index (χ1) is 7.74. The number of ether oxygens (including phenoxy) is 1. The zero-order valence-corrected chi connectivity index (χ0v) is 10.2. The van der Waals surface area contributed by atoms with E-state index in [0.29, 0.717) is 12.5 Å². The van der Waals surface area contributed by atoms with Crippen molar-refractivity contribution >= 4 is 5.91 Å². The molecule has 0 aliphatic carbocycles. The molecule has 16 heavy (non-hydrogen) atoms. The Morgan fingerprint density at radius 1 is 1.50 bits per heavy atom. The average molecular weight is 228 g/mol. The molecule has 1 fully saturated rings. The van der Waals surface area contributed by atoms with Gasteiger partial charge in [0.25, 0.3) is 0 Å². The van der Waals surface area contributed by atoms with Crippen LogP contribution in [-0.2, 0) is 9.53 Å². The fourth-order valence-electron chi connectivity index (χ4n) is 1.92. The van der Waals surface area contributed by atoms with Gasteiger partial charge in [-0.2, -0.15) is 0 Å². The zero-order chi connectivity index (χ0) is 11.8. The van der Waals surface area contributed by atoms with Crippen LogP contribution in [0.5, 0.6) is 0 Å². The van der Waals surface area contributed by atoms with Crippen LogP contribution >= 0.6 is 0 Å². The third-order valence-corrected chi connectivity index (χ3v) is 3.19. The molecule has 0 aromatic rings. The molecule has 1 atom stereocenters. The van der Waals surface area contributed by atoms with Gasteiger partial charge in [-0.15, -0.1) is 0 Å². The molecule has 1 aliphatic rings. The average Bonchev–Trinajstić information content (AvgIpc) is 2.34. The van der Waals surface area contributed by atoms with Crippen LogP contribution in [0.25, 0.3) is 0 Å². The summed E-state index contributed by atoms with van der Waals surface area (Å²) in [6.07, 6.45) is 3.94. The summed E-state index contributed by atoms with van der Waals surface area (Å²) < 4.78 is 5.28. The Labute approximate surface area is 97.9 Å². The van der Waals surface area contributed by atoms with Crippen molar-refractivity contribution < 1.29 is 9.53 Å². The van der Waals surface area contributed by atoms with Crippen LogP contribution in [-0.4, -0.2) is 32.2 Å². The zero-order valence-electron chi connectivity index (χ0n) is 10.2. The molecule has 94 valence electrons. The smallest absolute Gasteiger partial charge is 0.222 e. The predicted molar refractivity (Wildman–Crippen MR) is 64.0 cm³/mol. The lowest BCUT2D eigenvalue weighted by Crippen LogP contribution is -2.35. The summed E-state index contributed by atoms with van der Waals surface area (Å²) in [6, 6.07) is 0. The first kappa shape index (κ1) is 13.5. The van der Waals surface area contributed by atoms with Gasteiger partial charge in [-0.1, -0.05) is 6.92 Å². The van der Waals surface area contributed by atoms with Gasteiger partial charge in [-0.25, -0.2) is 0 Å². The Kier molecular flexibility index (Phi) is 6.42.